The largest absolute Gasteiger partial charge is 0.507 e. The predicted octanol–water partition coefficient (Wildman–Crippen LogP) is 4.41. The number of aromatic hydroxyl groups is 1. The van der Waals surface area contributed by atoms with Crippen molar-refractivity contribution in [3.8, 4) is 5.75 Å². The van der Waals surface area contributed by atoms with E-state index in [-0.39, 0.29) is 0 Å². The van der Waals surface area contributed by atoms with Gasteiger partial charge in [-0.05, 0) is 42.5 Å². The van der Waals surface area contributed by atoms with Crippen LogP contribution in [0.5, 0.6) is 5.75 Å². The molecule has 96 valence electrons. The fourth-order valence-corrected chi connectivity index (χ4v) is 2.39. The summed E-state index contributed by atoms with van der Waals surface area (Å²) in [6.45, 7) is 0. The molecule has 1 aliphatic carbocycles. The summed E-state index contributed by atoms with van der Waals surface area (Å²) < 4.78 is 0. The Morgan fingerprint density at radius 3 is 2.47 bits per heavy atom. The minimum absolute atomic E-state index is 0.395. The van der Waals surface area contributed by atoms with Gasteiger partial charge >= 0.3 is 0 Å². The van der Waals surface area contributed by atoms with Crippen LogP contribution in [-0.4, -0.2) is 11.3 Å². The van der Waals surface area contributed by atoms with Crippen molar-refractivity contribution in [3.05, 3.63) is 59.7 Å². The van der Waals surface area contributed by atoms with Crippen LogP contribution in [0.1, 0.15) is 36.3 Å². The molecule has 0 bridgehead atoms. The van der Waals surface area contributed by atoms with Gasteiger partial charge in [-0.3, -0.25) is 4.99 Å². The highest BCUT2D eigenvalue weighted by atomic mass is 16.3. The van der Waals surface area contributed by atoms with Crippen molar-refractivity contribution < 1.29 is 5.11 Å². The first kappa shape index (κ1) is 12.0. The van der Waals surface area contributed by atoms with Gasteiger partial charge in [-0.15, -0.1) is 0 Å². The SMILES string of the molecule is Oc1c(C=Nc2ccccc2)cccc1C1CCC1. The highest BCUT2D eigenvalue weighted by Crippen LogP contribution is 2.41. The molecule has 1 fully saturated rings. The number of rotatable bonds is 3. The summed E-state index contributed by atoms with van der Waals surface area (Å²) >= 11 is 0. The number of phenols is 1. The third-order valence-electron chi connectivity index (χ3n) is 3.75. The molecule has 2 aromatic carbocycles. The second kappa shape index (κ2) is 5.27. The van der Waals surface area contributed by atoms with Crippen LogP contribution in [0.4, 0.5) is 5.69 Å². The molecule has 0 heterocycles. The monoisotopic (exact) mass is 251 g/mol. The van der Waals surface area contributed by atoms with Gasteiger partial charge in [0.05, 0.1) is 5.69 Å². The molecule has 2 heteroatoms. The van der Waals surface area contributed by atoms with E-state index in [0.29, 0.717) is 11.7 Å². The van der Waals surface area contributed by atoms with E-state index in [1.165, 1.54) is 19.3 Å². The molecule has 1 saturated carbocycles. The second-order valence-electron chi connectivity index (χ2n) is 5.01. The Morgan fingerprint density at radius 1 is 1.00 bits per heavy atom. The molecule has 0 atom stereocenters. The quantitative estimate of drug-likeness (QED) is 0.805. The summed E-state index contributed by atoms with van der Waals surface area (Å²) in [6, 6.07) is 15.7. The van der Waals surface area contributed by atoms with Gasteiger partial charge in [-0.2, -0.15) is 0 Å². The van der Waals surface area contributed by atoms with Crippen LogP contribution in [-0.2, 0) is 0 Å². The van der Waals surface area contributed by atoms with E-state index < -0.39 is 0 Å². The normalized spacial score (nSPS) is 15.6. The first-order valence-electron chi connectivity index (χ1n) is 6.75. The zero-order valence-corrected chi connectivity index (χ0v) is 10.8. The highest BCUT2D eigenvalue weighted by Gasteiger charge is 2.22. The Labute approximate surface area is 113 Å². The lowest BCUT2D eigenvalue weighted by Crippen LogP contribution is -2.09. The van der Waals surface area contributed by atoms with Gasteiger partial charge in [0, 0.05) is 11.8 Å². The number of nitrogens with zero attached hydrogens (tertiary/aromatic N) is 1. The standard InChI is InChI=1S/C17H17NO/c19-17-14(12-18-15-9-2-1-3-10-15)8-5-11-16(17)13-6-4-7-13/h1-3,5,8-13,19H,4,6-7H2. The fourth-order valence-electron chi connectivity index (χ4n) is 2.39. The maximum atomic E-state index is 10.3. The molecule has 0 aromatic heterocycles. The van der Waals surface area contributed by atoms with Crippen molar-refractivity contribution in [1.82, 2.24) is 0 Å². The average molecular weight is 251 g/mol. The third kappa shape index (κ3) is 2.53. The Kier molecular flexibility index (Phi) is 3.32. The van der Waals surface area contributed by atoms with E-state index in [4.69, 9.17) is 0 Å². The first-order valence-corrected chi connectivity index (χ1v) is 6.75. The lowest BCUT2D eigenvalue weighted by Gasteiger charge is -2.26. The molecule has 1 aliphatic rings. The van der Waals surface area contributed by atoms with Gasteiger partial charge in [0.15, 0.2) is 0 Å². The third-order valence-corrected chi connectivity index (χ3v) is 3.75. The van der Waals surface area contributed by atoms with Crippen molar-refractivity contribution in [2.75, 3.05) is 0 Å². The molecule has 0 spiro atoms. The lowest BCUT2D eigenvalue weighted by atomic mass is 9.79. The van der Waals surface area contributed by atoms with Crippen molar-refractivity contribution in [3.63, 3.8) is 0 Å². The van der Waals surface area contributed by atoms with Gasteiger partial charge in [0.2, 0.25) is 0 Å². The average Bonchev–Trinajstić information content (AvgIpc) is 2.39. The fraction of sp³-hybridized carbons (Fsp3) is 0.235. The van der Waals surface area contributed by atoms with Crippen LogP contribution >= 0.6 is 0 Å². The van der Waals surface area contributed by atoms with Crippen LogP contribution in [0.2, 0.25) is 0 Å². The molecule has 0 unspecified atom stereocenters. The van der Waals surface area contributed by atoms with Gasteiger partial charge in [-0.1, -0.05) is 36.8 Å². The van der Waals surface area contributed by atoms with E-state index in [9.17, 15) is 5.11 Å². The van der Waals surface area contributed by atoms with Gasteiger partial charge < -0.3 is 5.11 Å². The van der Waals surface area contributed by atoms with Gasteiger partial charge in [0.1, 0.15) is 5.75 Å². The Balaban J connectivity index is 1.87. The highest BCUT2D eigenvalue weighted by molar-refractivity contribution is 5.86. The summed E-state index contributed by atoms with van der Waals surface area (Å²) in [6.07, 6.45) is 5.39. The zero-order chi connectivity index (χ0) is 13.1. The zero-order valence-electron chi connectivity index (χ0n) is 10.8. The number of phenolic OH excluding ortho intramolecular Hbond substituents is 1. The van der Waals surface area contributed by atoms with Crippen LogP contribution in [0.3, 0.4) is 0 Å². The van der Waals surface area contributed by atoms with Gasteiger partial charge in [-0.25, -0.2) is 0 Å². The Bertz CT molecular complexity index is 585. The minimum atomic E-state index is 0.395. The Hall–Kier alpha value is -2.09. The van der Waals surface area contributed by atoms with E-state index in [1.807, 2.05) is 48.5 Å². The van der Waals surface area contributed by atoms with E-state index in [0.717, 1.165) is 16.8 Å². The van der Waals surface area contributed by atoms with Crippen molar-refractivity contribution in [1.29, 1.82) is 0 Å². The number of benzene rings is 2. The van der Waals surface area contributed by atoms with Crippen molar-refractivity contribution in [2.24, 2.45) is 4.99 Å². The van der Waals surface area contributed by atoms with Crippen molar-refractivity contribution in [2.45, 2.75) is 25.2 Å². The predicted molar refractivity (Wildman–Crippen MR) is 78.4 cm³/mol. The summed E-state index contributed by atoms with van der Waals surface area (Å²) in [5.41, 5.74) is 2.77. The molecule has 19 heavy (non-hydrogen) atoms. The molecule has 0 saturated heterocycles. The summed E-state index contributed by atoms with van der Waals surface area (Å²) in [7, 11) is 0. The lowest BCUT2D eigenvalue weighted by molar-refractivity contribution is 0.393. The van der Waals surface area contributed by atoms with E-state index >= 15 is 0 Å². The Morgan fingerprint density at radius 2 is 1.79 bits per heavy atom. The van der Waals surface area contributed by atoms with Crippen LogP contribution in [0, 0.1) is 0 Å². The molecule has 2 aromatic rings. The molecule has 2 nitrogen and oxygen atoms in total. The molecule has 0 aliphatic heterocycles. The van der Waals surface area contributed by atoms with E-state index in [2.05, 4.69) is 4.99 Å². The van der Waals surface area contributed by atoms with Gasteiger partial charge in [0.25, 0.3) is 0 Å². The maximum absolute atomic E-state index is 10.3. The maximum Gasteiger partial charge on any atom is 0.127 e. The molecule has 0 amide bonds. The summed E-state index contributed by atoms with van der Waals surface area (Å²) in [5.74, 6) is 0.928. The summed E-state index contributed by atoms with van der Waals surface area (Å²) in [5, 5.41) is 10.3. The van der Waals surface area contributed by atoms with E-state index in [1.54, 1.807) is 6.21 Å². The summed E-state index contributed by atoms with van der Waals surface area (Å²) in [4.78, 5) is 4.40. The number of hydrogen-bond acceptors (Lipinski definition) is 2. The first-order chi connectivity index (χ1) is 9.34. The number of aliphatic imine (C=N–C) groups is 1. The minimum Gasteiger partial charge on any atom is -0.507 e. The number of para-hydroxylation sites is 2. The molecule has 0 radical (unpaired) electrons. The topological polar surface area (TPSA) is 32.6 Å². The number of hydrogen-bond donors (Lipinski definition) is 1. The molecule has 1 N–H and O–H groups in total. The molecular weight excluding hydrogens is 234 g/mol. The van der Waals surface area contributed by atoms with Crippen LogP contribution in [0.15, 0.2) is 53.5 Å². The molecule has 3 rings (SSSR count). The second-order valence-corrected chi connectivity index (χ2v) is 5.01. The van der Waals surface area contributed by atoms with Crippen LogP contribution in [0.25, 0.3) is 0 Å². The molecular formula is C17H17NO. The van der Waals surface area contributed by atoms with Crippen LogP contribution < -0.4 is 0 Å². The smallest absolute Gasteiger partial charge is 0.127 e. The van der Waals surface area contributed by atoms with Crippen molar-refractivity contribution >= 4 is 11.9 Å².